The molecule has 108 valence electrons. The van der Waals surface area contributed by atoms with Crippen LogP contribution in [0, 0.1) is 0 Å². The summed E-state index contributed by atoms with van der Waals surface area (Å²) in [5, 5.41) is 2.90. The van der Waals surface area contributed by atoms with Gasteiger partial charge >= 0.3 is 0 Å². The number of H-pyrrole nitrogens is 1. The number of hydrogen-bond acceptors (Lipinski definition) is 3. The summed E-state index contributed by atoms with van der Waals surface area (Å²) < 4.78 is 0. The predicted octanol–water partition coefficient (Wildman–Crippen LogP) is 2.11. The van der Waals surface area contributed by atoms with Gasteiger partial charge in [-0.2, -0.15) is 0 Å². The van der Waals surface area contributed by atoms with Crippen molar-refractivity contribution in [1.82, 2.24) is 15.3 Å². The van der Waals surface area contributed by atoms with Crippen molar-refractivity contribution in [3.05, 3.63) is 52.4 Å². The molecule has 0 radical (unpaired) electrons. The van der Waals surface area contributed by atoms with Crippen LogP contribution in [0.15, 0.2) is 41.3 Å². The van der Waals surface area contributed by atoms with Crippen LogP contribution in [0.2, 0.25) is 0 Å². The van der Waals surface area contributed by atoms with Crippen molar-refractivity contribution in [2.45, 2.75) is 31.7 Å². The maximum absolute atomic E-state index is 12.1. The number of benzene rings is 1. The van der Waals surface area contributed by atoms with Crippen molar-refractivity contribution in [2.24, 2.45) is 0 Å². The molecule has 1 aromatic carbocycles. The number of carbonyl (C=O) groups is 1. The van der Waals surface area contributed by atoms with E-state index in [0.29, 0.717) is 5.82 Å². The molecule has 5 nitrogen and oxygen atoms in total. The zero-order chi connectivity index (χ0) is 14.7. The van der Waals surface area contributed by atoms with Crippen LogP contribution in [0.4, 0.5) is 0 Å². The Balaban J connectivity index is 1.81. The van der Waals surface area contributed by atoms with Gasteiger partial charge in [0, 0.05) is 17.8 Å². The Morgan fingerprint density at radius 3 is 2.57 bits per heavy atom. The van der Waals surface area contributed by atoms with E-state index in [9.17, 15) is 9.59 Å². The lowest BCUT2D eigenvalue weighted by Crippen LogP contribution is -2.36. The van der Waals surface area contributed by atoms with E-state index in [2.05, 4.69) is 15.3 Å². The van der Waals surface area contributed by atoms with Crippen LogP contribution >= 0.6 is 0 Å². The Kier molecular flexibility index (Phi) is 3.81. The molecule has 0 bridgehead atoms. The SMILES string of the molecule is O=C(NC1CCCC1)c1cnc(-c2ccccc2)[nH]c1=O. The highest BCUT2D eigenvalue weighted by atomic mass is 16.2. The van der Waals surface area contributed by atoms with Gasteiger partial charge in [0.05, 0.1) is 0 Å². The molecule has 2 N–H and O–H groups in total. The van der Waals surface area contributed by atoms with Crippen LogP contribution in [0.25, 0.3) is 11.4 Å². The molecule has 0 saturated heterocycles. The maximum atomic E-state index is 12.1. The number of aromatic amines is 1. The molecule has 1 aliphatic carbocycles. The zero-order valence-electron chi connectivity index (χ0n) is 11.6. The Hall–Kier alpha value is -2.43. The second-order valence-corrected chi connectivity index (χ2v) is 5.30. The monoisotopic (exact) mass is 283 g/mol. The van der Waals surface area contributed by atoms with E-state index < -0.39 is 5.56 Å². The van der Waals surface area contributed by atoms with Crippen molar-refractivity contribution in [3.8, 4) is 11.4 Å². The molecule has 3 rings (SSSR count). The molecule has 0 unspecified atom stereocenters. The van der Waals surface area contributed by atoms with E-state index in [-0.39, 0.29) is 17.5 Å². The topological polar surface area (TPSA) is 74.8 Å². The number of amides is 1. The van der Waals surface area contributed by atoms with Gasteiger partial charge in [0.15, 0.2) is 0 Å². The third-order valence-corrected chi connectivity index (χ3v) is 3.78. The summed E-state index contributed by atoms with van der Waals surface area (Å²) >= 11 is 0. The van der Waals surface area contributed by atoms with Crippen molar-refractivity contribution in [1.29, 1.82) is 0 Å². The summed E-state index contributed by atoms with van der Waals surface area (Å²) in [6, 6.07) is 9.54. The number of hydrogen-bond donors (Lipinski definition) is 2. The van der Waals surface area contributed by atoms with Gasteiger partial charge in [0.1, 0.15) is 11.4 Å². The molecule has 0 spiro atoms. The van der Waals surface area contributed by atoms with Gasteiger partial charge in [-0.15, -0.1) is 0 Å². The van der Waals surface area contributed by atoms with Gasteiger partial charge in [0.25, 0.3) is 11.5 Å². The molecule has 0 atom stereocenters. The molecular weight excluding hydrogens is 266 g/mol. The fourth-order valence-corrected chi connectivity index (χ4v) is 2.63. The second-order valence-electron chi connectivity index (χ2n) is 5.30. The molecule has 1 heterocycles. The lowest BCUT2D eigenvalue weighted by molar-refractivity contribution is 0.0936. The van der Waals surface area contributed by atoms with Gasteiger partial charge in [-0.25, -0.2) is 4.98 Å². The molecule has 0 aliphatic heterocycles. The third kappa shape index (κ3) is 3.02. The van der Waals surface area contributed by atoms with Crippen molar-refractivity contribution < 1.29 is 4.79 Å². The van der Waals surface area contributed by atoms with Crippen LogP contribution in [0.1, 0.15) is 36.0 Å². The summed E-state index contributed by atoms with van der Waals surface area (Å²) in [5.41, 5.74) is 0.485. The van der Waals surface area contributed by atoms with Gasteiger partial charge in [-0.05, 0) is 12.8 Å². The van der Waals surface area contributed by atoms with Gasteiger partial charge in [-0.1, -0.05) is 43.2 Å². The molecule has 2 aromatic rings. The van der Waals surface area contributed by atoms with Crippen LogP contribution in [-0.2, 0) is 0 Å². The Morgan fingerprint density at radius 1 is 1.19 bits per heavy atom. The lowest BCUT2D eigenvalue weighted by atomic mass is 10.2. The Labute approximate surface area is 122 Å². The first-order valence-electron chi connectivity index (χ1n) is 7.19. The van der Waals surface area contributed by atoms with Gasteiger partial charge < -0.3 is 10.3 Å². The molecule has 1 amide bonds. The van der Waals surface area contributed by atoms with Crippen LogP contribution in [0.5, 0.6) is 0 Å². The normalized spacial score (nSPS) is 15.0. The summed E-state index contributed by atoms with van der Waals surface area (Å²) in [5.74, 6) is 0.133. The largest absolute Gasteiger partial charge is 0.349 e. The maximum Gasteiger partial charge on any atom is 0.264 e. The molecule has 1 saturated carbocycles. The number of carbonyl (C=O) groups excluding carboxylic acids is 1. The Bertz CT molecular complexity index is 688. The quantitative estimate of drug-likeness (QED) is 0.906. The molecule has 1 aliphatic rings. The van der Waals surface area contributed by atoms with E-state index in [1.54, 1.807) is 0 Å². The first-order valence-corrected chi connectivity index (χ1v) is 7.19. The molecule has 5 heteroatoms. The average molecular weight is 283 g/mol. The standard InChI is InChI=1S/C16H17N3O2/c20-15(18-12-8-4-5-9-12)13-10-17-14(19-16(13)21)11-6-2-1-3-7-11/h1-3,6-7,10,12H,4-5,8-9H2,(H,18,20)(H,17,19,21). The molecule has 1 fully saturated rings. The number of nitrogens with zero attached hydrogens (tertiary/aromatic N) is 1. The Morgan fingerprint density at radius 2 is 1.90 bits per heavy atom. The number of aromatic nitrogens is 2. The predicted molar refractivity (Wildman–Crippen MR) is 80.0 cm³/mol. The van der Waals surface area contributed by atoms with Gasteiger partial charge in [0.2, 0.25) is 0 Å². The highest BCUT2D eigenvalue weighted by Crippen LogP contribution is 2.18. The first kappa shape index (κ1) is 13.5. The number of nitrogens with one attached hydrogen (secondary N) is 2. The van der Waals surface area contributed by atoms with E-state index in [1.165, 1.54) is 6.20 Å². The van der Waals surface area contributed by atoms with E-state index in [0.717, 1.165) is 31.2 Å². The average Bonchev–Trinajstić information content (AvgIpc) is 3.01. The van der Waals surface area contributed by atoms with Crippen LogP contribution < -0.4 is 10.9 Å². The lowest BCUT2D eigenvalue weighted by Gasteiger charge is -2.11. The minimum absolute atomic E-state index is 0.0709. The van der Waals surface area contributed by atoms with Gasteiger partial charge in [-0.3, -0.25) is 9.59 Å². The molecule has 1 aromatic heterocycles. The zero-order valence-corrected chi connectivity index (χ0v) is 11.6. The minimum Gasteiger partial charge on any atom is -0.349 e. The van der Waals surface area contributed by atoms with E-state index in [4.69, 9.17) is 0 Å². The fraction of sp³-hybridized carbons (Fsp3) is 0.312. The second kappa shape index (κ2) is 5.91. The highest BCUT2D eigenvalue weighted by Gasteiger charge is 2.20. The summed E-state index contributed by atoms with van der Waals surface area (Å²) in [6.07, 6.45) is 5.59. The molecule has 21 heavy (non-hydrogen) atoms. The third-order valence-electron chi connectivity index (χ3n) is 3.78. The smallest absolute Gasteiger partial charge is 0.264 e. The van der Waals surface area contributed by atoms with E-state index >= 15 is 0 Å². The summed E-state index contributed by atoms with van der Waals surface area (Å²) in [6.45, 7) is 0. The van der Waals surface area contributed by atoms with Crippen LogP contribution in [0.3, 0.4) is 0 Å². The summed E-state index contributed by atoms with van der Waals surface area (Å²) in [7, 11) is 0. The van der Waals surface area contributed by atoms with Crippen molar-refractivity contribution >= 4 is 5.91 Å². The minimum atomic E-state index is -0.403. The van der Waals surface area contributed by atoms with Crippen molar-refractivity contribution in [2.75, 3.05) is 0 Å². The number of rotatable bonds is 3. The summed E-state index contributed by atoms with van der Waals surface area (Å²) in [4.78, 5) is 31.0. The van der Waals surface area contributed by atoms with Crippen LogP contribution in [-0.4, -0.2) is 21.9 Å². The van der Waals surface area contributed by atoms with Crippen molar-refractivity contribution in [3.63, 3.8) is 0 Å². The first-order chi connectivity index (χ1) is 10.2. The molecular formula is C16H17N3O2. The highest BCUT2D eigenvalue weighted by molar-refractivity contribution is 5.93. The van der Waals surface area contributed by atoms with E-state index in [1.807, 2.05) is 30.3 Å². The fourth-order valence-electron chi connectivity index (χ4n) is 2.63.